The fraction of sp³-hybridized carbons (Fsp3) is 0.120. The molecule has 1 aliphatic rings. The van der Waals surface area contributed by atoms with Gasteiger partial charge in [-0.25, -0.2) is 4.90 Å². The molecule has 0 spiro atoms. The van der Waals surface area contributed by atoms with Crippen LogP contribution >= 0.6 is 11.6 Å². The number of benzene rings is 3. The maximum atomic E-state index is 13.6. The molecule has 2 amide bonds. The summed E-state index contributed by atoms with van der Waals surface area (Å²) in [6.45, 7) is 5.55. The molecule has 0 radical (unpaired) electrons. The number of hydrogen-bond donors (Lipinski definition) is 1. The Bertz CT molecular complexity index is 1350. The Morgan fingerprint density at radius 3 is 2.21 bits per heavy atom. The van der Waals surface area contributed by atoms with Gasteiger partial charge in [0.15, 0.2) is 0 Å². The number of halogens is 1. The SMILES string of the molecule is Cc1ccc(C)c(N2C(=O)C(Nc3ccc(Cl)cc3C)=C(c3ccc([N+](=O)[O-])cc3)C2=O)c1. The van der Waals surface area contributed by atoms with E-state index >= 15 is 0 Å². The molecule has 0 aromatic heterocycles. The summed E-state index contributed by atoms with van der Waals surface area (Å²) in [5.41, 5.74) is 4.13. The van der Waals surface area contributed by atoms with E-state index in [1.165, 1.54) is 24.3 Å². The number of amides is 2. The van der Waals surface area contributed by atoms with Crippen molar-refractivity contribution in [3.05, 3.63) is 104 Å². The molecule has 8 heteroatoms. The monoisotopic (exact) mass is 461 g/mol. The number of imide groups is 1. The molecule has 0 atom stereocenters. The molecule has 0 bridgehead atoms. The zero-order chi connectivity index (χ0) is 23.9. The van der Waals surface area contributed by atoms with Gasteiger partial charge in [-0.15, -0.1) is 0 Å². The first kappa shape index (κ1) is 22.2. The van der Waals surface area contributed by atoms with Gasteiger partial charge in [-0.2, -0.15) is 0 Å². The van der Waals surface area contributed by atoms with Crippen LogP contribution in [0.3, 0.4) is 0 Å². The second-order valence-corrected chi connectivity index (χ2v) is 8.31. The quantitative estimate of drug-likeness (QED) is 0.304. The number of nitro benzene ring substituents is 1. The normalized spacial score (nSPS) is 13.6. The zero-order valence-electron chi connectivity index (χ0n) is 18.2. The highest BCUT2D eigenvalue weighted by atomic mass is 35.5. The summed E-state index contributed by atoms with van der Waals surface area (Å²) in [6, 6.07) is 16.3. The number of nitro groups is 1. The Kier molecular flexibility index (Phi) is 5.74. The molecular weight excluding hydrogens is 442 g/mol. The van der Waals surface area contributed by atoms with Crippen molar-refractivity contribution in [2.45, 2.75) is 20.8 Å². The van der Waals surface area contributed by atoms with Gasteiger partial charge in [-0.05, 0) is 79.4 Å². The first-order chi connectivity index (χ1) is 15.7. The first-order valence-corrected chi connectivity index (χ1v) is 10.5. The Balaban J connectivity index is 1.86. The van der Waals surface area contributed by atoms with E-state index in [9.17, 15) is 19.7 Å². The summed E-state index contributed by atoms with van der Waals surface area (Å²) in [4.78, 5) is 38.9. The third-order valence-electron chi connectivity index (χ3n) is 5.50. The Hall–Kier alpha value is -3.97. The second kappa shape index (κ2) is 8.52. The van der Waals surface area contributed by atoms with Crippen molar-refractivity contribution in [1.29, 1.82) is 0 Å². The Morgan fingerprint density at radius 1 is 0.879 bits per heavy atom. The molecule has 0 unspecified atom stereocenters. The number of rotatable bonds is 5. The zero-order valence-corrected chi connectivity index (χ0v) is 18.9. The van der Waals surface area contributed by atoms with E-state index in [0.29, 0.717) is 22.0 Å². The predicted molar refractivity (Wildman–Crippen MR) is 128 cm³/mol. The number of hydrogen-bond acceptors (Lipinski definition) is 5. The minimum Gasteiger partial charge on any atom is -0.350 e. The topological polar surface area (TPSA) is 92.6 Å². The molecule has 0 aliphatic carbocycles. The second-order valence-electron chi connectivity index (χ2n) is 7.87. The van der Waals surface area contributed by atoms with Gasteiger partial charge in [-0.3, -0.25) is 19.7 Å². The van der Waals surface area contributed by atoms with E-state index < -0.39 is 16.7 Å². The number of carbonyl (C=O) groups is 2. The van der Waals surface area contributed by atoms with Gasteiger partial charge in [0.2, 0.25) is 0 Å². The minimum atomic E-state index is -0.515. The third-order valence-corrected chi connectivity index (χ3v) is 5.74. The summed E-state index contributed by atoms with van der Waals surface area (Å²) in [5, 5.41) is 14.7. The van der Waals surface area contributed by atoms with Crippen molar-refractivity contribution in [2.75, 3.05) is 10.2 Å². The van der Waals surface area contributed by atoms with E-state index in [0.717, 1.165) is 21.6 Å². The van der Waals surface area contributed by atoms with Crippen LogP contribution in [0.25, 0.3) is 5.57 Å². The number of nitrogens with one attached hydrogen (secondary N) is 1. The van der Waals surface area contributed by atoms with Gasteiger partial charge >= 0.3 is 0 Å². The summed E-state index contributed by atoms with van der Waals surface area (Å²) in [6.07, 6.45) is 0. The maximum absolute atomic E-state index is 13.6. The van der Waals surface area contributed by atoms with Crippen LogP contribution in [0.5, 0.6) is 0 Å². The first-order valence-electron chi connectivity index (χ1n) is 10.2. The number of nitrogens with zero attached hydrogens (tertiary/aromatic N) is 2. The molecule has 166 valence electrons. The van der Waals surface area contributed by atoms with Crippen molar-refractivity contribution in [3.63, 3.8) is 0 Å². The lowest BCUT2D eigenvalue weighted by atomic mass is 10.0. The smallest absolute Gasteiger partial charge is 0.282 e. The van der Waals surface area contributed by atoms with Crippen molar-refractivity contribution in [3.8, 4) is 0 Å². The van der Waals surface area contributed by atoms with E-state index in [2.05, 4.69) is 5.32 Å². The van der Waals surface area contributed by atoms with Crippen molar-refractivity contribution < 1.29 is 14.5 Å². The van der Waals surface area contributed by atoms with E-state index in [4.69, 9.17) is 11.6 Å². The number of carbonyl (C=O) groups excluding carboxylic acids is 2. The summed E-state index contributed by atoms with van der Waals surface area (Å²) in [5.74, 6) is -1.01. The Morgan fingerprint density at radius 2 is 1.58 bits per heavy atom. The molecule has 0 fully saturated rings. The van der Waals surface area contributed by atoms with Crippen LogP contribution in [0.15, 0.2) is 66.4 Å². The summed E-state index contributed by atoms with van der Waals surface area (Å²) < 4.78 is 0. The highest BCUT2D eigenvalue weighted by molar-refractivity contribution is 6.46. The minimum absolute atomic E-state index is 0.0974. The maximum Gasteiger partial charge on any atom is 0.282 e. The highest BCUT2D eigenvalue weighted by Gasteiger charge is 2.41. The molecule has 1 aliphatic heterocycles. The molecular formula is C25H20ClN3O4. The fourth-order valence-corrected chi connectivity index (χ4v) is 3.97. The lowest BCUT2D eigenvalue weighted by molar-refractivity contribution is -0.384. The highest BCUT2D eigenvalue weighted by Crippen LogP contribution is 2.36. The Labute approximate surface area is 195 Å². The van der Waals surface area contributed by atoms with Crippen LogP contribution in [-0.4, -0.2) is 16.7 Å². The molecule has 1 N–H and O–H groups in total. The molecule has 0 saturated heterocycles. The van der Waals surface area contributed by atoms with Gasteiger partial charge in [-0.1, -0.05) is 23.7 Å². The van der Waals surface area contributed by atoms with Crippen LogP contribution in [-0.2, 0) is 9.59 Å². The molecule has 3 aromatic rings. The molecule has 0 saturated carbocycles. The average Bonchev–Trinajstić information content (AvgIpc) is 3.01. The van der Waals surface area contributed by atoms with Gasteiger partial charge < -0.3 is 5.32 Å². The standard InChI is InChI=1S/C25H20ClN3O4/c1-14-4-5-15(2)21(12-14)28-24(30)22(17-6-9-19(10-7-17)29(32)33)23(25(28)31)27-20-11-8-18(26)13-16(20)3/h4-13,27H,1-3H3. The molecule has 1 heterocycles. The van der Waals surface area contributed by atoms with Crippen LogP contribution < -0.4 is 10.2 Å². The van der Waals surface area contributed by atoms with Crippen LogP contribution in [0.2, 0.25) is 5.02 Å². The molecule has 4 rings (SSSR count). The fourth-order valence-electron chi connectivity index (χ4n) is 3.74. The van der Waals surface area contributed by atoms with Crippen LogP contribution in [0.4, 0.5) is 17.1 Å². The van der Waals surface area contributed by atoms with E-state index in [1.54, 1.807) is 24.3 Å². The molecule has 33 heavy (non-hydrogen) atoms. The van der Waals surface area contributed by atoms with Gasteiger partial charge in [0, 0.05) is 22.8 Å². The van der Waals surface area contributed by atoms with Gasteiger partial charge in [0.1, 0.15) is 5.70 Å². The van der Waals surface area contributed by atoms with Crippen molar-refractivity contribution >= 4 is 46.1 Å². The van der Waals surface area contributed by atoms with Crippen LogP contribution in [0, 0.1) is 30.9 Å². The molecule has 7 nitrogen and oxygen atoms in total. The van der Waals surface area contributed by atoms with Crippen molar-refractivity contribution in [2.24, 2.45) is 0 Å². The predicted octanol–water partition coefficient (Wildman–Crippen LogP) is 5.57. The van der Waals surface area contributed by atoms with Crippen molar-refractivity contribution in [1.82, 2.24) is 0 Å². The lowest BCUT2D eigenvalue weighted by Crippen LogP contribution is -2.33. The number of anilines is 2. The van der Waals surface area contributed by atoms with E-state index in [-0.39, 0.29) is 17.0 Å². The van der Waals surface area contributed by atoms with Gasteiger partial charge in [0.25, 0.3) is 17.5 Å². The summed E-state index contributed by atoms with van der Waals surface area (Å²) >= 11 is 6.06. The largest absolute Gasteiger partial charge is 0.350 e. The lowest BCUT2D eigenvalue weighted by Gasteiger charge is -2.18. The molecule has 3 aromatic carbocycles. The van der Waals surface area contributed by atoms with Gasteiger partial charge in [0.05, 0.1) is 16.2 Å². The third kappa shape index (κ3) is 4.10. The average molecular weight is 462 g/mol. The summed E-state index contributed by atoms with van der Waals surface area (Å²) in [7, 11) is 0. The number of non-ortho nitro benzene ring substituents is 1. The van der Waals surface area contributed by atoms with E-state index in [1.807, 2.05) is 32.9 Å². The number of aryl methyl sites for hydroxylation is 3. The van der Waals surface area contributed by atoms with Crippen LogP contribution in [0.1, 0.15) is 22.3 Å².